The summed E-state index contributed by atoms with van der Waals surface area (Å²) in [5, 5.41) is 14.0. The van der Waals surface area contributed by atoms with Gasteiger partial charge < -0.3 is 14.2 Å². The molecule has 43 heavy (non-hydrogen) atoms. The number of nitrogens with zero attached hydrogens (tertiary/aromatic N) is 6. The summed E-state index contributed by atoms with van der Waals surface area (Å²) in [5.41, 5.74) is 3.39. The van der Waals surface area contributed by atoms with Crippen LogP contribution in [-0.4, -0.2) is 67.8 Å². The fourth-order valence-electron chi connectivity index (χ4n) is 6.68. The van der Waals surface area contributed by atoms with Gasteiger partial charge in [0.25, 0.3) is 5.91 Å². The largest absolute Gasteiger partial charge is 0.425 e. The summed E-state index contributed by atoms with van der Waals surface area (Å²) in [6.45, 7) is 8.95. The first-order valence-electron chi connectivity index (χ1n) is 14.8. The molecule has 10 heteroatoms. The molecule has 2 aromatic carbocycles. The Bertz CT molecular complexity index is 1690. The van der Waals surface area contributed by atoms with E-state index in [2.05, 4.69) is 29.1 Å². The normalized spacial score (nSPS) is 21.7. The van der Waals surface area contributed by atoms with Crippen LogP contribution in [0.2, 0.25) is 5.02 Å². The number of rotatable bonds is 7. The summed E-state index contributed by atoms with van der Waals surface area (Å²) in [6, 6.07) is 15.9. The SMILES string of the molecule is Cc1ccc(Cc2nnc(C3CN(C(=O)c4cnn(Cc5ccccc5)c4)CC34CN(C(=O)[C@H]3CC3(C)C)C4)o2)cc1Cl. The zero-order valence-electron chi connectivity index (χ0n) is 24.7. The van der Waals surface area contributed by atoms with Crippen molar-refractivity contribution in [3.05, 3.63) is 100.0 Å². The fourth-order valence-corrected chi connectivity index (χ4v) is 6.88. The second-order valence-electron chi connectivity index (χ2n) is 13.2. The third-order valence-corrected chi connectivity index (χ3v) is 9.92. The van der Waals surface area contributed by atoms with Crippen LogP contribution in [0.5, 0.6) is 0 Å². The second kappa shape index (κ2) is 10.3. The Morgan fingerprint density at radius 3 is 2.49 bits per heavy atom. The van der Waals surface area contributed by atoms with E-state index in [-0.39, 0.29) is 34.5 Å². The summed E-state index contributed by atoms with van der Waals surface area (Å²) in [6.07, 6.45) is 4.83. The number of aryl methyl sites for hydroxylation is 1. The average molecular weight is 599 g/mol. The minimum Gasteiger partial charge on any atom is -0.425 e. The van der Waals surface area contributed by atoms with Crippen LogP contribution in [0.15, 0.2) is 65.3 Å². The van der Waals surface area contributed by atoms with Gasteiger partial charge >= 0.3 is 0 Å². The zero-order valence-corrected chi connectivity index (χ0v) is 25.4. The van der Waals surface area contributed by atoms with Crippen molar-refractivity contribution in [1.29, 1.82) is 0 Å². The predicted molar refractivity (Wildman–Crippen MR) is 161 cm³/mol. The maximum Gasteiger partial charge on any atom is 0.257 e. The molecular weight excluding hydrogens is 564 g/mol. The Labute approximate surface area is 255 Å². The topological polar surface area (TPSA) is 97.4 Å². The number of aromatic nitrogens is 4. The Balaban J connectivity index is 1.10. The molecule has 2 atom stereocenters. The van der Waals surface area contributed by atoms with E-state index in [4.69, 9.17) is 16.0 Å². The molecule has 2 aliphatic heterocycles. The molecule has 2 aromatic heterocycles. The number of carbonyl (C=O) groups is 2. The molecule has 3 aliphatic rings. The molecule has 1 aliphatic carbocycles. The van der Waals surface area contributed by atoms with Crippen molar-refractivity contribution in [2.45, 2.75) is 46.1 Å². The lowest BCUT2D eigenvalue weighted by Gasteiger charge is -2.50. The molecule has 9 nitrogen and oxygen atoms in total. The van der Waals surface area contributed by atoms with Gasteiger partial charge in [-0.1, -0.05) is 67.9 Å². The first kappa shape index (κ1) is 27.8. The molecule has 7 rings (SSSR count). The molecule has 0 N–H and O–H groups in total. The Hall–Kier alpha value is -3.98. The zero-order chi connectivity index (χ0) is 29.9. The predicted octanol–water partition coefficient (Wildman–Crippen LogP) is 4.98. The average Bonchev–Trinajstić information content (AvgIpc) is 3.42. The van der Waals surface area contributed by atoms with E-state index in [0.717, 1.165) is 23.1 Å². The Morgan fingerprint density at radius 2 is 1.77 bits per heavy atom. The van der Waals surface area contributed by atoms with Crippen LogP contribution >= 0.6 is 11.6 Å². The van der Waals surface area contributed by atoms with E-state index in [9.17, 15) is 9.59 Å². The second-order valence-corrected chi connectivity index (χ2v) is 13.7. The van der Waals surface area contributed by atoms with Crippen LogP contribution in [-0.2, 0) is 17.8 Å². The lowest BCUT2D eigenvalue weighted by Crippen LogP contribution is -2.62. The third-order valence-electron chi connectivity index (χ3n) is 9.51. The monoisotopic (exact) mass is 598 g/mol. The van der Waals surface area contributed by atoms with E-state index in [1.165, 1.54) is 0 Å². The molecular formula is C33H35ClN6O3. The van der Waals surface area contributed by atoms with Gasteiger partial charge in [-0.05, 0) is 41.5 Å². The number of hydrogen-bond acceptors (Lipinski definition) is 6. The summed E-state index contributed by atoms with van der Waals surface area (Å²) in [4.78, 5) is 30.8. The van der Waals surface area contributed by atoms with E-state index in [1.54, 1.807) is 17.1 Å². The highest BCUT2D eigenvalue weighted by Gasteiger charge is 2.61. The van der Waals surface area contributed by atoms with Gasteiger partial charge in [0, 0.05) is 48.7 Å². The van der Waals surface area contributed by atoms with Gasteiger partial charge in [-0.15, -0.1) is 10.2 Å². The van der Waals surface area contributed by atoms with Gasteiger partial charge in [0.2, 0.25) is 17.7 Å². The van der Waals surface area contributed by atoms with Crippen LogP contribution in [0, 0.1) is 23.7 Å². The van der Waals surface area contributed by atoms with E-state index < -0.39 is 0 Å². The number of halogens is 1. The summed E-state index contributed by atoms with van der Waals surface area (Å²) >= 11 is 6.33. The summed E-state index contributed by atoms with van der Waals surface area (Å²) in [7, 11) is 0. The van der Waals surface area contributed by atoms with Crippen LogP contribution in [0.1, 0.15) is 65.0 Å². The van der Waals surface area contributed by atoms with E-state index in [1.807, 2.05) is 65.3 Å². The van der Waals surface area contributed by atoms with Crippen molar-refractivity contribution in [3.8, 4) is 0 Å². The number of likely N-dealkylation sites (tertiary alicyclic amines) is 2. The van der Waals surface area contributed by atoms with Crippen molar-refractivity contribution >= 4 is 23.4 Å². The molecule has 0 radical (unpaired) electrons. The highest BCUT2D eigenvalue weighted by molar-refractivity contribution is 6.31. The molecule has 4 heterocycles. The van der Waals surface area contributed by atoms with E-state index >= 15 is 0 Å². The maximum atomic E-state index is 13.8. The van der Waals surface area contributed by atoms with Crippen molar-refractivity contribution in [3.63, 3.8) is 0 Å². The van der Waals surface area contributed by atoms with Crippen LogP contribution in [0.25, 0.3) is 0 Å². The molecule has 3 fully saturated rings. The minimum atomic E-state index is -0.332. The van der Waals surface area contributed by atoms with E-state index in [0.29, 0.717) is 61.5 Å². The molecule has 2 saturated heterocycles. The fraction of sp³-hybridized carbons (Fsp3) is 0.424. The quantitative estimate of drug-likeness (QED) is 0.298. The lowest BCUT2D eigenvalue weighted by molar-refractivity contribution is -0.146. The molecule has 1 saturated carbocycles. The van der Waals surface area contributed by atoms with Gasteiger partial charge in [-0.25, -0.2) is 0 Å². The lowest BCUT2D eigenvalue weighted by atomic mass is 9.71. The number of benzene rings is 2. The van der Waals surface area contributed by atoms with Gasteiger partial charge in [0.15, 0.2) is 0 Å². The van der Waals surface area contributed by atoms with Gasteiger partial charge in [0.1, 0.15) is 0 Å². The number of hydrogen-bond donors (Lipinski definition) is 0. The van der Waals surface area contributed by atoms with Crippen molar-refractivity contribution in [2.75, 3.05) is 26.2 Å². The summed E-state index contributed by atoms with van der Waals surface area (Å²) in [5.74, 6) is 1.06. The minimum absolute atomic E-state index is 0.0666. The first-order valence-corrected chi connectivity index (χ1v) is 15.2. The highest BCUT2D eigenvalue weighted by atomic mass is 35.5. The van der Waals surface area contributed by atoms with Crippen LogP contribution in [0.4, 0.5) is 0 Å². The standard InChI is InChI=1S/C33H35ClN6O3/c1-21-9-10-23(11-27(21)34)12-28-36-37-29(43-28)26-17-38(18-33(26)19-39(20-33)31(42)25-13-32(25,2)3)30(41)24-14-35-40(16-24)15-22-7-5-4-6-8-22/h4-11,14,16,25-26H,12-13,15,17-20H2,1-3H3/t25-,26?/m1/s1. The highest BCUT2D eigenvalue weighted by Crippen LogP contribution is 2.55. The third kappa shape index (κ3) is 5.24. The molecule has 222 valence electrons. The van der Waals surface area contributed by atoms with Crippen molar-refractivity contribution in [1.82, 2.24) is 29.8 Å². The molecule has 1 unspecified atom stereocenters. The van der Waals surface area contributed by atoms with Gasteiger partial charge in [0.05, 0.1) is 30.6 Å². The summed E-state index contributed by atoms with van der Waals surface area (Å²) < 4.78 is 8.03. The smallest absolute Gasteiger partial charge is 0.257 e. The number of carbonyl (C=O) groups excluding carboxylic acids is 2. The Kier molecular flexibility index (Phi) is 6.69. The molecule has 4 aromatic rings. The van der Waals surface area contributed by atoms with Crippen LogP contribution < -0.4 is 0 Å². The molecule has 0 bridgehead atoms. The maximum absolute atomic E-state index is 13.8. The molecule has 2 amide bonds. The van der Waals surface area contributed by atoms with Gasteiger partial charge in [-0.2, -0.15) is 5.10 Å². The van der Waals surface area contributed by atoms with Crippen LogP contribution in [0.3, 0.4) is 0 Å². The first-order chi connectivity index (χ1) is 20.6. The molecule has 1 spiro atoms. The van der Waals surface area contributed by atoms with Crippen molar-refractivity contribution < 1.29 is 14.0 Å². The van der Waals surface area contributed by atoms with Gasteiger partial charge in [-0.3, -0.25) is 14.3 Å². The number of amides is 2. The Morgan fingerprint density at radius 1 is 1.02 bits per heavy atom. The van der Waals surface area contributed by atoms with Crippen molar-refractivity contribution in [2.24, 2.45) is 16.7 Å².